The Hall–Kier alpha value is -2.64. The summed E-state index contributed by atoms with van der Waals surface area (Å²) < 4.78 is 29.3. The van der Waals surface area contributed by atoms with Crippen LogP contribution in [0.5, 0.6) is 0 Å². The Balaban J connectivity index is 1.70. The number of halogens is 2. The van der Waals surface area contributed by atoms with Crippen LogP contribution >= 0.6 is 0 Å². The van der Waals surface area contributed by atoms with Crippen LogP contribution in [0.25, 0.3) is 10.9 Å². The van der Waals surface area contributed by atoms with Gasteiger partial charge in [-0.3, -0.25) is 0 Å². The van der Waals surface area contributed by atoms with Crippen LogP contribution in [0, 0.1) is 11.6 Å². The van der Waals surface area contributed by atoms with E-state index >= 15 is 0 Å². The van der Waals surface area contributed by atoms with E-state index in [0.717, 1.165) is 37.8 Å². The number of aryl methyl sites for hydroxylation is 1. The number of aromatic nitrogens is 5. The zero-order valence-electron chi connectivity index (χ0n) is 13.9. The van der Waals surface area contributed by atoms with E-state index in [4.69, 9.17) is 0 Å². The molecule has 1 saturated heterocycles. The van der Waals surface area contributed by atoms with Gasteiger partial charge >= 0.3 is 0 Å². The minimum atomic E-state index is -0.898. The van der Waals surface area contributed by atoms with Gasteiger partial charge in [-0.25, -0.2) is 18.7 Å². The summed E-state index contributed by atoms with van der Waals surface area (Å²) in [7, 11) is 0. The third kappa shape index (κ3) is 2.81. The molecule has 4 rings (SSSR count). The van der Waals surface area contributed by atoms with Gasteiger partial charge in [-0.1, -0.05) is 0 Å². The second-order valence-corrected chi connectivity index (χ2v) is 6.24. The average Bonchev–Trinajstić information content (AvgIpc) is 3.11. The summed E-state index contributed by atoms with van der Waals surface area (Å²) in [6.45, 7) is 4.40. The van der Waals surface area contributed by atoms with E-state index in [0.29, 0.717) is 23.3 Å². The Bertz CT molecular complexity index is 909. The van der Waals surface area contributed by atoms with Gasteiger partial charge in [0.05, 0.1) is 5.52 Å². The molecule has 1 atom stereocenters. The molecule has 8 heteroatoms. The molecule has 0 aliphatic carbocycles. The summed E-state index contributed by atoms with van der Waals surface area (Å²) >= 11 is 0. The molecule has 0 bridgehead atoms. The van der Waals surface area contributed by atoms with Gasteiger partial charge in [0.2, 0.25) is 0 Å². The molecule has 0 amide bonds. The van der Waals surface area contributed by atoms with E-state index in [1.807, 2.05) is 4.57 Å². The predicted octanol–water partition coefficient (Wildman–Crippen LogP) is 2.90. The molecule has 0 saturated carbocycles. The van der Waals surface area contributed by atoms with Gasteiger partial charge in [-0.2, -0.15) is 0 Å². The highest BCUT2D eigenvalue weighted by Crippen LogP contribution is 2.31. The van der Waals surface area contributed by atoms with Crippen LogP contribution in [-0.4, -0.2) is 37.8 Å². The maximum Gasteiger partial charge on any atom is 0.161 e. The van der Waals surface area contributed by atoms with Crippen LogP contribution in [0.1, 0.15) is 31.5 Å². The molecule has 0 radical (unpaired) electrons. The third-order valence-electron chi connectivity index (χ3n) is 4.73. The van der Waals surface area contributed by atoms with Crippen molar-refractivity contribution >= 4 is 16.7 Å². The fourth-order valence-electron chi connectivity index (χ4n) is 3.49. The number of hydrogen-bond donors (Lipinski definition) is 0. The van der Waals surface area contributed by atoms with Gasteiger partial charge in [-0.05, 0) is 25.8 Å². The molecule has 0 spiro atoms. The van der Waals surface area contributed by atoms with E-state index in [2.05, 4.69) is 32.0 Å². The fourth-order valence-corrected chi connectivity index (χ4v) is 3.49. The Morgan fingerprint density at radius 2 is 2.04 bits per heavy atom. The molecule has 1 aliphatic rings. The van der Waals surface area contributed by atoms with Gasteiger partial charge in [0.1, 0.15) is 24.3 Å². The summed E-state index contributed by atoms with van der Waals surface area (Å²) in [5.41, 5.74) is 0.405. The van der Waals surface area contributed by atoms with Crippen molar-refractivity contribution in [1.82, 2.24) is 24.7 Å². The van der Waals surface area contributed by atoms with Crippen molar-refractivity contribution in [3.63, 3.8) is 0 Å². The van der Waals surface area contributed by atoms with Crippen molar-refractivity contribution < 1.29 is 8.78 Å². The summed E-state index contributed by atoms with van der Waals surface area (Å²) in [6.07, 6.45) is 5.12. The van der Waals surface area contributed by atoms with E-state index in [1.165, 1.54) is 12.4 Å². The lowest BCUT2D eigenvalue weighted by atomic mass is 9.96. The van der Waals surface area contributed by atoms with Crippen LogP contribution in [0.15, 0.2) is 24.8 Å². The lowest BCUT2D eigenvalue weighted by Gasteiger charge is -2.33. The number of anilines is 1. The SMILES string of the molecule is CCn1cnnc1C1CCCN(c2ncnc3cc(F)c(F)cc23)C1. The van der Waals surface area contributed by atoms with Gasteiger partial charge in [-0.15, -0.1) is 10.2 Å². The highest BCUT2D eigenvalue weighted by atomic mass is 19.2. The van der Waals surface area contributed by atoms with Gasteiger partial charge in [0.25, 0.3) is 0 Å². The predicted molar refractivity (Wildman–Crippen MR) is 89.3 cm³/mol. The molecular formula is C17H18F2N6. The Morgan fingerprint density at radius 3 is 2.88 bits per heavy atom. The smallest absolute Gasteiger partial charge is 0.161 e. The molecule has 130 valence electrons. The first-order chi connectivity index (χ1) is 12.2. The number of benzene rings is 1. The number of piperidine rings is 1. The van der Waals surface area contributed by atoms with Crippen LogP contribution in [0.2, 0.25) is 0 Å². The van der Waals surface area contributed by atoms with Crippen molar-refractivity contribution in [2.75, 3.05) is 18.0 Å². The number of rotatable bonds is 3. The summed E-state index contributed by atoms with van der Waals surface area (Å²) in [5.74, 6) is 0.0398. The second-order valence-electron chi connectivity index (χ2n) is 6.24. The Kier molecular flexibility index (Phi) is 4.03. The zero-order valence-corrected chi connectivity index (χ0v) is 13.9. The molecule has 1 fully saturated rings. The van der Waals surface area contributed by atoms with E-state index in [1.54, 1.807) is 6.33 Å². The van der Waals surface area contributed by atoms with Crippen LogP contribution in [0.4, 0.5) is 14.6 Å². The average molecular weight is 344 g/mol. The molecule has 1 aromatic carbocycles. The molecule has 0 N–H and O–H groups in total. The summed E-state index contributed by atoms with van der Waals surface area (Å²) in [5, 5.41) is 8.81. The highest BCUT2D eigenvalue weighted by molar-refractivity contribution is 5.89. The lowest BCUT2D eigenvalue weighted by Crippen LogP contribution is -2.36. The van der Waals surface area contributed by atoms with Crippen molar-refractivity contribution in [3.05, 3.63) is 42.2 Å². The standard InChI is InChI=1S/C17H18F2N6/c1-2-24-10-22-23-16(24)11-4-3-5-25(8-11)17-12-6-13(18)14(19)7-15(12)20-9-21-17/h6-7,9-11H,2-5,8H2,1H3. The molecule has 3 heterocycles. The minimum Gasteiger partial charge on any atom is -0.355 e. The second kappa shape index (κ2) is 6.34. The number of nitrogens with zero attached hydrogens (tertiary/aromatic N) is 6. The molecule has 6 nitrogen and oxygen atoms in total. The van der Waals surface area contributed by atoms with Crippen molar-refractivity contribution in [1.29, 1.82) is 0 Å². The van der Waals surface area contributed by atoms with E-state index in [-0.39, 0.29) is 5.92 Å². The summed E-state index contributed by atoms with van der Waals surface area (Å²) in [4.78, 5) is 10.5. The third-order valence-corrected chi connectivity index (χ3v) is 4.73. The van der Waals surface area contributed by atoms with Crippen LogP contribution in [0.3, 0.4) is 0 Å². The number of hydrogen-bond acceptors (Lipinski definition) is 5. The maximum absolute atomic E-state index is 13.7. The van der Waals surface area contributed by atoms with Gasteiger partial charge in [0, 0.05) is 37.0 Å². The van der Waals surface area contributed by atoms with Crippen molar-refractivity contribution in [3.8, 4) is 0 Å². The topological polar surface area (TPSA) is 59.7 Å². The van der Waals surface area contributed by atoms with E-state index in [9.17, 15) is 8.78 Å². The first-order valence-corrected chi connectivity index (χ1v) is 8.39. The summed E-state index contributed by atoms with van der Waals surface area (Å²) in [6, 6.07) is 2.29. The normalized spacial score (nSPS) is 18.0. The first-order valence-electron chi connectivity index (χ1n) is 8.39. The van der Waals surface area contributed by atoms with Crippen LogP contribution < -0.4 is 4.90 Å². The molecule has 3 aromatic rings. The number of fused-ring (bicyclic) bond motifs is 1. The zero-order chi connectivity index (χ0) is 17.4. The minimum absolute atomic E-state index is 0.228. The largest absolute Gasteiger partial charge is 0.355 e. The Morgan fingerprint density at radius 1 is 1.20 bits per heavy atom. The molecule has 25 heavy (non-hydrogen) atoms. The molecular weight excluding hydrogens is 326 g/mol. The van der Waals surface area contributed by atoms with Crippen molar-refractivity contribution in [2.24, 2.45) is 0 Å². The molecule has 1 unspecified atom stereocenters. The monoisotopic (exact) mass is 344 g/mol. The molecule has 2 aromatic heterocycles. The first kappa shape index (κ1) is 15.9. The van der Waals surface area contributed by atoms with Gasteiger partial charge < -0.3 is 9.47 Å². The van der Waals surface area contributed by atoms with Crippen molar-refractivity contribution in [2.45, 2.75) is 32.2 Å². The highest BCUT2D eigenvalue weighted by Gasteiger charge is 2.27. The van der Waals surface area contributed by atoms with Gasteiger partial charge in [0.15, 0.2) is 11.6 Å². The fraction of sp³-hybridized carbons (Fsp3) is 0.412. The van der Waals surface area contributed by atoms with Crippen LogP contribution in [-0.2, 0) is 6.54 Å². The maximum atomic E-state index is 13.7. The van der Waals surface area contributed by atoms with E-state index < -0.39 is 11.6 Å². The molecule has 1 aliphatic heterocycles. The lowest BCUT2D eigenvalue weighted by molar-refractivity contribution is 0.471. The quantitative estimate of drug-likeness (QED) is 0.731. The Labute approximate surface area is 143 Å².